The van der Waals surface area contributed by atoms with E-state index in [0.717, 1.165) is 42.6 Å². The van der Waals surface area contributed by atoms with E-state index >= 15 is 0 Å². The molecule has 1 aliphatic heterocycles. The van der Waals surface area contributed by atoms with E-state index in [4.69, 9.17) is 4.74 Å². The average molecular weight is 385 g/mol. The fourth-order valence-electron chi connectivity index (χ4n) is 4.40. The van der Waals surface area contributed by atoms with Crippen molar-refractivity contribution in [3.8, 4) is 5.75 Å². The molecule has 4 rings (SSSR count). The molecule has 2 heterocycles. The minimum Gasteiger partial charge on any atom is -0.485 e. The molecule has 1 saturated carbocycles. The second-order valence-corrected chi connectivity index (χ2v) is 9.31. The number of hydrogen-bond acceptors (Lipinski definition) is 4. The molecule has 2 aliphatic rings. The van der Waals surface area contributed by atoms with Crippen LogP contribution in [0.15, 0.2) is 35.7 Å². The lowest BCUT2D eigenvalue weighted by atomic mass is 9.81. The third-order valence-electron chi connectivity index (χ3n) is 6.00. The first-order valence-electron chi connectivity index (χ1n) is 9.73. The Balaban J connectivity index is 1.64. The average Bonchev–Trinajstić information content (AvgIpc) is 3.01. The maximum absolute atomic E-state index is 13.2. The summed E-state index contributed by atoms with van der Waals surface area (Å²) in [5, 5.41) is 1.98. The molecule has 1 amide bonds. The highest BCUT2D eigenvalue weighted by Gasteiger charge is 2.42. The number of rotatable bonds is 2. The second-order valence-electron chi connectivity index (χ2n) is 8.19. The Bertz CT molecular complexity index is 821. The maximum atomic E-state index is 13.2. The fourth-order valence-corrected chi connectivity index (χ4v) is 5.07. The third-order valence-corrected chi connectivity index (χ3v) is 6.86. The van der Waals surface area contributed by atoms with Gasteiger partial charge in [-0.25, -0.2) is 0 Å². The van der Waals surface area contributed by atoms with Gasteiger partial charge in [0, 0.05) is 28.4 Å². The van der Waals surface area contributed by atoms with Crippen LogP contribution in [-0.4, -0.2) is 48.0 Å². The van der Waals surface area contributed by atoms with Gasteiger partial charge >= 0.3 is 0 Å². The smallest absolute Gasteiger partial charge is 0.255 e. The standard InChI is InChI=1S/C22H28N2O2S/c1-16-12-18(14-27-16)21(25)24-13-17-6-4-5-7-20(17)26-22(15-24)10-8-19(9-11-22)23(2)3/h4-7,12,14,19H,8-11,13,15H2,1-3H3. The molecule has 1 fully saturated rings. The number of para-hydroxylation sites is 1. The molecular formula is C22H28N2O2S. The fraction of sp³-hybridized carbons (Fsp3) is 0.500. The first kappa shape index (κ1) is 18.5. The van der Waals surface area contributed by atoms with E-state index in [-0.39, 0.29) is 11.5 Å². The molecule has 0 bridgehead atoms. The zero-order chi connectivity index (χ0) is 19.0. The number of amides is 1. The second kappa shape index (κ2) is 7.28. The van der Waals surface area contributed by atoms with Crippen LogP contribution in [0.25, 0.3) is 0 Å². The minimum absolute atomic E-state index is 0.119. The highest BCUT2D eigenvalue weighted by Crippen LogP contribution is 2.39. The van der Waals surface area contributed by atoms with Gasteiger partial charge in [-0.2, -0.15) is 0 Å². The molecule has 0 radical (unpaired) electrons. The highest BCUT2D eigenvalue weighted by atomic mass is 32.1. The van der Waals surface area contributed by atoms with Gasteiger partial charge in [0.1, 0.15) is 11.4 Å². The summed E-state index contributed by atoms with van der Waals surface area (Å²) >= 11 is 1.63. The summed E-state index contributed by atoms with van der Waals surface area (Å²) < 4.78 is 6.63. The van der Waals surface area contributed by atoms with Crippen LogP contribution in [0, 0.1) is 6.92 Å². The van der Waals surface area contributed by atoms with E-state index in [1.807, 2.05) is 35.4 Å². The van der Waals surface area contributed by atoms with Crippen LogP contribution in [0.5, 0.6) is 5.75 Å². The van der Waals surface area contributed by atoms with Gasteiger partial charge < -0.3 is 14.5 Å². The van der Waals surface area contributed by atoms with E-state index in [1.54, 1.807) is 11.3 Å². The van der Waals surface area contributed by atoms with Crippen molar-refractivity contribution in [2.45, 2.75) is 50.8 Å². The SMILES string of the molecule is Cc1cc(C(=O)N2Cc3ccccc3OC3(CCC(N(C)C)CC3)C2)cs1. The third kappa shape index (κ3) is 3.76. The van der Waals surface area contributed by atoms with Crippen LogP contribution in [0.1, 0.15) is 46.5 Å². The van der Waals surface area contributed by atoms with Crippen molar-refractivity contribution in [2.24, 2.45) is 0 Å². The van der Waals surface area contributed by atoms with Gasteiger partial charge in [-0.3, -0.25) is 4.79 Å². The van der Waals surface area contributed by atoms with Gasteiger partial charge in [0.15, 0.2) is 0 Å². The van der Waals surface area contributed by atoms with E-state index in [1.165, 1.54) is 4.88 Å². The van der Waals surface area contributed by atoms with Crippen molar-refractivity contribution in [3.05, 3.63) is 51.7 Å². The van der Waals surface area contributed by atoms with Crippen LogP contribution in [0.3, 0.4) is 0 Å². The van der Waals surface area contributed by atoms with Gasteiger partial charge in [0.25, 0.3) is 5.91 Å². The van der Waals surface area contributed by atoms with E-state index < -0.39 is 0 Å². The molecule has 0 atom stereocenters. The van der Waals surface area contributed by atoms with Crippen molar-refractivity contribution >= 4 is 17.2 Å². The van der Waals surface area contributed by atoms with Crippen molar-refractivity contribution in [1.82, 2.24) is 9.80 Å². The Morgan fingerprint density at radius 1 is 1.26 bits per heavy atom. The Labute approximate surface area is 165 Å². The molecule has 1 aliphatic carbocycles. The minimum atomic E-state index is -0.278. The Morgan fingerprint density at radius 3 is 2.67 bits per heavy atom. The van der Waals surface area contributed by atoms with Crippen molar-refractivity contribution < 1.29 is 9.53 Å². The monoisotopic (exact) mass is 384 g/mol. The van der Waals surface area contributed by atoms with Gasteiger partial charge in [-0.05, 0) is 58.8 Å². The number of carbonyl (C=O) groups excluding carboxylic acids is 1. The first-order valence-corrected chi connectivity index (χ1v) is 10.6. The molecule has 27 heavy (non-hydrogen) atoms. The van der Waals surface area contributed by atoms with Crippen molar-refractivity contribution in [1.29, 1.82) is 0 Å². The molecule has 1 aromatic carbocycles. The molecule has 1 aromatic heterocycles. The molecule has 0 N–H and O–H groups in total. The van der Waals surface area contributed by atoms with E-state index in [2.05, 4.69) is 31.1 Å². The zero-order valence-corrected chi connectivity index (χ0v) is 17.2. The van der Waals surface area contributed by atoms with E-state index in [0.29, 0.717) is 19.1 Å². The number of hydrogen-bond donors (Lipinski definition) is 0. The van der Waals surface area contributed by atoms with Crippen LogP contribution in [0.2, 0.25) is 0 Å². The van der Waals surface area contributed by atoms with Gasteiger partial charge in [-0.1, -0.05) is 18.2 Å². The summed E-state index contributed by atoms with van der Waals surface area (Å²) in [6, 6.07) is 10.8. The molecule has 1 spiro atoms. The predicted octanol–water partition coefficient (Wildman–Crippen LogP) is 4.33. The molecule has 4 nitrogen and oxygen atoms in total. The summed E-state index contributed by atoms with van der Waals surface area (Å²) in [6.07, 6.45) is 4.18. The maximum Gasteiger partial charge on any atom is 0.255 e. The largest absolute Gasteiger partial charge is 0.485 e. The first-order chi connectivity index (χ1) is 13.0. The summed E-state index contributed by atoms with van der Waals surface area (Å²) in [6.45, 7) is 3.32. The number of carbonyl (C=O) groups is 1. The van der Waals surface area contributed by atoms with Crippen LogP contribution < -0.4 is 4.74 Å². The molecule has 2 aromatic rings. The summed E-state index contributed by atoms with van der Waals surface area (Å²) in [5.74, 6) is 1.06. The Morgan fingerprint density at radius 2 is 2.00 bits per heavy atom. The highest BCUT2D eigenvalue weighted by molar-refractivity contribution is 7.10. The van der Waals surface area contributed by atoms with Crippen LogP contribution >= 0.6 is 11.3 Å². The van der Waals surface area contributed by atoms with Gasteiger partial charge in [0.2, 0.25) is 0 Å². The van der Waals surface area contributed by atoms with Gasteiger partial charge in [-0.15, -0.1) is 11.3 Å². The number of thiophene rings is 1. The van der Waals surface area contributed by atoms with Crippen LogP contribution in [0.4, 0.5) is 0 Å². The Kier molecular flexibility index (Phi) is 4.99. The number of ether oxygens (including phenoxy) is 1. The number of fused-ring (bicyclic) bond motifs is 1. The lowest BCUT2D eigenvalue weighted by molar-refractivity contribution is -0.00927. The zero-order valence-electron chi connectivity index (χ0n) is 16.4. The van der Waals surface area contributed by atoms with E-state index in [9.17, 15) is 4.79 Å². The predicted molar refractivity (Wildman–Crippen MR) is 110 cm³/mol. The number of benzene rings is 1. The van der Waals surface area contributed by atoms with Crippen molar-refractivity contribution in [3.63, 3.8) is 0 Å². The van der Waals surface area contributed by atoms with Gasteiger partial charge in [0.05, 0.1) is 12.1 Å². The summed E-state index contributed by atoms with van der Waals surface area (Å²) in [5.41, 5.74) is 1.62. The topological polar surface area (TPSA) is 32.8 Å². The normalized spacial score (nSPS) is 25.2. The quantitative estimate of drug-likeness (QED) is 0.772. The lowest BCUT2D eigenvalue weighted by Gasteiger charge is -2.42. The number of nitrogens with zero attached hydrogens (tertiary/aromatic N) is 2. The molecule has 5 heteroatoms. The molecule has 0 saturated heterocycles. The van der Waals surface area contributed by atoms with Crippen LogP contribution in [-0.2, 0) is 6.54 Å². The van der Waals surface area contributed by atoms with Crippen molar-refractivity contribution in [2.75, 3.05) is 20.6 Å². The molecular weight excluding hydrogens is 356 g/mol. The molecule has 144 valence electrons. The lowest BCUT2D eigenvalue weighted by Crippen LogP contribution is -2.51. The summed E-state index contributed by atoms with van der Waals surface area (Å²) in [4.78, 5) is 18.7. The summed E-state index contributed by atoms with van der Waals surface area (Å²) in [7, 11) is 4.31. The number of aryl methyl sites for hydroxylation is 1. The molecule has 0 unspecified atom stereocenters. The Hall–Kier alpha value is -1.85.